The summed E-state index contributed by atoms with van der Waals surface area (Å²) >= 11 is 0. The van der Waals surface area contributed by atoms with E-state index in [9.17, 15) is 14.0 Å². The highest BCUT2D eigenvalue weighted by Crippen LogP contribution is 2.26. The Morgan fingerprint density at radius 2 is 2.00 bits per heavy atom. The van der Waals surface area contributed by atoms with Crippen LogP contribution in [0.25, 0.3) is 11.2 Å². The SMILES string of the molecule is O=C(c1ccco1)N1CCC(c2nc3c(nnn3Cc3ccccc3F)c(=O)[nH]2)CC1. The first-order valence-corrected chi connectivity index (χ1v) is 10.00. The Kier molecular flexibility index (Phi) is 4.81. The Labute approximate surface area is 175 Å². The van der Waals surface area contributed by atoms with Gasteiger partial charge in [0.15, 0.2) is 16.9 Å². The summed E-state index contributed by atoms with van der Waals surface area (Å²) in [5.41, 5.74) is 0.484. The van der Waals surface area contributed by atoms with Crippen molar-refractivity contribution in [3.05, 3.63) is 76.0 Å². The molecule has 1 amide bonds. The minimum absolute atomic E-state index is 0.0189. The Morgan fingerprint density at radius 1 is 1.19 bits per heavy atom. The molecule has 4 aromatic rings. The van der Waals surface area contributed by atoms with Crippen LogP contribution in [0, 0.1) is 5.82 Å². The van der Waals surface area contributed by atoms with Crippen LogP contribution < -0.4 is 5.56 Å². The van der Waals surface area contributed by atoms with Crippen LogP contribution in [0.3, 0.4) is 0 Å². The molecule has 4 heterocycles. The van der Waals surface area contributed by atoms with Crippen LogP contribution >= 0.6 is 0 Å². The van der Waals surface area contributed by atoms with E-state index in [1.165, 1.54) is 17.0 Å². The number of nitrogens with zero attached hydrogens (tertiary/aromatic N) is 5. The number of aromatic amines is 1. The molecule has 0 unspecified atom stereocenters. The molecule has 158 valence electrons. The van der Waals surface area contributed by atoms with Gasteiger partial charge in [-0.3, -0.25) is 9.59 Å². The molecule has 1 aliphatic heterocycles. The minimum atomic E-state index is -0.381. The lowest BCUT2D eigenvalue weighted by atomic mass is 9.95. The maximum Gasteiger partial charge on any atom is 0.289 e. The van der Waals surface area contributed by atoms with Gasteiger partial charge in [0.05, 0.1) is 12.8 Å². The highest BCUT2D eigenvalue weighted by Gasteiger charge is 2.28. The maximum atomic E-state index is 14.0. The molecule has 0 spiro atoms. The highest BCUT2D eigenvalue weighted by molar-refractivity contribution is 5.91. The van der Waals surface area contributed by atoms with Crippen LogP contribution in [0.5, 0.6) is 0 Å². The predicted molar refractivity (Wildman–Crippen MR) is 108 cm³/mol. The van der Waals surface area contributed by atoms with Crippen LogP contribution in [0.15, 0.2) is 51.9 Å². The Morgan fingerprint density at radius 3 is 2.74 bits per heavy atom. The lowest BCUT2D eigenvalue weighted by Crippen LogP contribution is -2.38. The first-order valence-electron chi connectivity index (χ1n) is 10.00. The minimum Gasteiger partial charge on any atom is -0.459 e. The lowest BCUT2D eigenvalue weighted by molar-refractivity contribution is 0.0679. The van der Waals surface area contributed by atoms with Gasteiger partial charge in [0.25, 0.3) is 11.5 Å². The maximum absolute atomic E-state index is 14.0. The quantitative estimate of drug-likeness (QED) is 0.541. The largest absolute Gasteiger partial charge is 0.459 e. The van der Waals surface area contributed by atoms with Crippen LogP contribution in [0.1, 0.15) is 40.7 Å². The van der Waals surface area contributed by atoms with Crippen molar-refractivity contribution in [3.8, 4) is 0 Å². The molecular weight excluding hydrogens is 403 g/mol. The molecule has 1 fully saturated rings. The highest BCUT2D eigenvalue weighted by atomic mass is 19.1. The van der Waals surface area contributed by atoms with Gasteiger partial charge in [-0.1, -0.05) is 23.4 Å². The number of furan rings is 1. The fourth-order valence-corrected chi connectivity index (χ4v) is 3.88. The number of carbonyl (C=O) groups is 1. The summed E-state index contributed by atoms with van der Waals surface area (Å²) in [7, 11) is 0. The summed E-state index contributed by atoms with van der Waals surface area (Å²) in [6, 6.07) is 9.71. The second-order valence-electron chi connectivity index (χ2n) is 7.51. The molecular formula is C21H19FN6O3. The number of H-pyrrole nitrogens is 1. The number of likely N-dealkylation sites (tertiary alicyclic amines) is 1. The smallest absolute Gasteiger partial charge is 0.289 e. The number of aromatic nitrogens is 5. The van der Waals surface area contributed by atoms with Crippen molar-refractivity contribution in [2.24, 2.45) is 0 Å². The van der Waals surface area contributed by atoms with Crippen molar-refractivity contribution in [1.82, 2.24) is 29.9 Å². The van der Waals surface area contributed by atoms with Crippen LogP contribution in [-0.4, -0.2) is 48.9 Å². The summed E-state index contributed by atoms with van der Waals surface area (Å²) < 4.78 is 20.7. The number of hydrogen-bond donors (Lipinski definition) is 1. The molecule has 31 heavy (non-hydrogen) atoms. The fourth-order valence-electron chi connectivity index (χ4n) is 3.88. The number of amides is 1. The molecule has 0 saturated carbocycles. The van der Waals surface area contributed by atoms with E-state index >= 15 is 0 Å². The number of hydrogen-bond acceptors (Lipinski definition) is 6. The average molecular weight is 422 g/mol. The number of halogens is 1. The van der Waals surface area contributed by atoms with E-state index in [1.807, 2.05) is 0 Å². The molecule has 1 aliphatic rings. The molecule has 0 bridgehead atoms. The van der Waals surface area contributed by atoms with Gasteiger partial charge in [0.2, 0.25) is 0 Å². The van der Waals surface area contributed by atoms with Crippen molar-refractivity contribution in [2.45, 2.75) is 25.3 Å². The van der Waals surface area contributed by atoms with Crippen molar-refractivity contribution >= 4 is 17.1 Å². The summed E-state index contributed by atoms with van der Waals surface area (Å²) in [4.78, 5) is 34.1. The number of piperidine rings is 1. The molecule has 5 rings (SSSR count). The van der Waals surface area contributed by atoms with Gasteiger partial charge in [-0.2, -0.15) is 0 Å². The van der Waals surface area contributed by atoms with Gasteiger partial charge in [-0.25, -0.2) is 14.1 Å². The first kappa shape index (κ1) is 19.2. The topological polar surface area (TPSA) is 110 Å². The van der Waals surface area contributed by atoms with Gasteiger partial charge in [-0.15, -0.1) is 5.10 Å². The first-order chi connectivity index (χ1) is 15.1. The third-order valence-electron chi connectivity index (χ3n) is 5.57. The van der Waals surface area contributed by atoms with E-state index in [0.717, 1.165) is 0 Å². The number of benzene rings is 1. The Hall–Kier alpha value is -3.82. The van der Waals surface area contributed by atoms with Crippen LogP contribution in [0.2, 0.25) is 0 Å². The lowest BCUT2D eigenvalue weighted by Gasteiger charge is -2.30. The third-order valence-corrected chi connectivity index (χ3v) is 5.57. The zero-order valence-corrected chi connectivity index (χ0v) is 16.5. The Bertz CT molecular complexity index is 1290. The number of nitrogens with one attached hydrogen (secondary N) is 1. The molecule has 10 heteroatoms. The van der Waals surface area contributed by atoms with E-state index in [2.05, 4.69) is 20.3 Å². The van der Waals surface area contributed by atoms with E-state index in [1.54, 1.807) is 35.2 Å². The molecule has 3 aromatic heterocycles. The van der Waals surface area contributed by atoms with E-state index in [-0.39, 0.29) is 35.3 Å². The Balaban J connectivity index is 1.38. The normalized spacial score (nSPS) is 14.9. The second-order valence-corrected chi connectivity index (χ2v) is 7.51. The monoisotopic (exact) mass is 422 g/mol. The molecule has 0 atom stereocenters. The summed E-state index contributed by atoms with van der Waals surface area (Å²) in [6.07, 6.45) is 2.77. The molecule has 9 nitrogen and oxygen atoms in total. The van der Waals surface area contributed by atoms with Gasteiger partial charge < -0.3 is 14.3 Å². The molecule has 1 N–H and O–H groups in total. The van der Waals surface area contributed by atoms with Gasteiger partial charge >= 0.3 is 0 Å². The van der Waals surface area contributed by atoms with Crippen molar-refractivity contribution < 1.29 is 13.6 Å². The van der Waals surface area contributed by atoms with E-state index in [4.69, 9.17) is 4.42 Å². The molecule has 0 radical (unpaired) electrons. The standard InChI is InChI=1S/C21H19FN6O3/c22-15-5-2-1-4-14(15)12-28-19-17(25-26-28)20(29)24-18(23-19)13-7-9-27(10-8-13)21(30)16-6-3-11-31-16/h1-6,11,13H,7-10,12H2,(H,23,24,29). The predicted octanol–water partition coefficient (Wildman–Crippen LogP) is 2.31. The van der Waals surface area contributed by atoms with Gasteiger partial charge in [-0.05, 0) is 31.0 Å². The summed E-state index contributed by atoms with van der Waals surface area (Å²) in [5, 5.41) is 7.91. The molecule has 1 aromatic carbocycles. The van der Waals surface area contributed by atoms with Crippen LogP contribution in [-0.2, 0) is 6.54 Å². The number of rotatable bonds is 4. The van der Waals surface area contributed by atoms with Crippen LogP contribution in [0.4, 0.5) is 4.39 Å². The van der Waals surface area contributed by atoms with E-state index < -0.39 is 0 Å². The second kappa shape index (κ2) is 7.78. The van der Waals surface area contributed by atoms with Crippen molar-refractivity contribution in [2.75, 3.05) is 13.1 Å². The fraction of sp³-hybridized carbons (Fsp3) is 0.286. The van der Waals surface area contributed by atoms with Crippen molar-refractivity contribution in [3.63, 3.8) is 0 Å². The van der Waals surface area contributed by atoms with Gasteiger partial charge in [0, 0.05) is 24.6 Å². The third kappa shape index (κ3) is 3.60. The van der Waals surface area contributed by atoms with Gasteiger partial charge in [0.1, 0.15) is 11.6 Å². The van der Waals surface area contributed by atoms with E-state index in [0.29, 0.717) is 48.7 Å². The number of carbonyl (C=O) groups excluding carboxylic acids is 1. The van der Waals surface area contributed by atoms with Crippen molar-refractivity contribution in [1.29, 1.82) is 0 Å². The zero-order valence-electron chi connectivity index (χ0n) is 16.5. The molecule has 1 saturated heterocycles. The average Bonchev–Trinajstić information content (AvgIpc) is 3.46. The zero-order chi connectivity index (χ0) is 21.4. The summed E-state index contributed by atoms with van der Waals surface area (Å²) in [6.45, 7) is 1.17. The number of fused-ring (bicyclic) bond motifs is 1. The summed E-state index contributed by atoms with van der Waals surface area (Å²) in [5.74, 6) is 0.320. The molecule has 0 aliphatic carbocycles.